The molecule has 1 fully saturated rings. The van der Waals surface area contributed by atoms with Crippen molar-refractivity contribution in [2.75, 3.05) is 13.2 Å². The number of aliphatic hydroxyl groups is 5. The number of rotatable bonds is 52. The Morgan fingerprint density at radius 2 is 0.928 bits per heavy atom. The van der Waals surface area contributed by atoms with Crippen molar-refractivity contribution in [1.29, 1.82) is 0 Å². The number of unbranched alkanes of at least 4 members (excludes halogenated alkanes) is 19. The molecule has 8 unspecified atom stereocenters. The van der Waals surface area contributed by atoms with Gasteiger partial charge in [0.25, 0.3) is 0 Å². The fourth-order valence-electron chi connectivity index (χ4n) is 9.04. The third-order valence-electron chi connectivity index (χ3n) is 14.1. The van der Waals surface area contributed by atoms with E-state index in [0.717, 1.165) is 122 Å². The highest BCUT2D eigenvalue weighted by Crippen LogP contribution is 2.26. The Bertz CT molecular complexity index is 1950. The molecule has 0 aromatic carbocycles. The number of nitrogens with one attached hydrogen (secondary N) is 1. The summed E-state index contributed by atoms with van der Waals surface area (Å²) in [5.41, 5.74) is 0. The van der Waals surface area contributed by atoms with Crippen molar-refractivity contribution in [3.63, 3.8) is 0 Å². The summed E-state index contributed by atoms with van der Waals surface area (Å²) in [7, 11) is 0. The van der Waals surface area contributed by atoms with Crippen LogP contribution in [0.2, 0.25) is 0 Å². The number of esters is 1. The predicted octanol–water partition coefficient (Wildman–Crippen LogP) is 15.9. The molecule has 0 aliphatic carbocycles. The summed E-state index contributed by atoms with van der Waals surface area (Å²) >= 11 is 0. The topological polar surface area (TPSA) is 175 Å². The van der Waals surface area contributed by atoms with Crippen LogP contribution in [-0.4, -0.2) is 99.6 Å². The Kier molecular flexibility index (Phi) is 53.0. The van der Waals surface area contributed by atoms with E-state index in [9.17, 15) is 35.1 Å². The number of amides is 1. The Balaban J connectivity index is 2.71. The van der Waals surface area contributed by atoms with E-state index in [0.29, 0.717) is 12.8 Å². The fourth-order valence-corrected chi connectivity index (χ4v) is 9.04. The summed E-state index contributed by atoms with van der Waals surface area (Å²) in [6.45, 7) is 5.48. The Hall–Kier alpha value is -4.72. The van der Waals surface area contributed by atoms with E-state index in [1.807, 2.05) is 66.8 Å². The Labute approximate surface area is 504 Å². The summed E-state index contributed by atoms with van der Waals surface area (Å²) in [5.74, 6) is -1.27. The van der Waals surface area contributed by atoms with E-state index >= 15 is 0 Å². The van der Waals surface area contributed by atoms with Crippen molar-refractivity contribution >= 4 is 11.9 Å². The van der Waals surface area contributed by atoms with Gasteiger partial charge in [-0.3, -0.25) is 9.59 Å². The first-order valence-electron chi connectivity index (χ1n) is 32.3. The summed E-state index contributed by atoms with van der Waals surface area (Å²) in [6.07, 6.45) is 74.1. The van der Waals surface area contributed by atoms with Gasteiger partial charge in [-0.2, -0.15) is 0 Å². The minimum atomic E-state index is -1.65. The van der Waals surface area contributed by atoms with Gasteiger partial charge in [-0.05, 0) is 96.3 Å². The van der Waals surface area contributed by atoms with Crippen LogP contribution in [-0.2, 0) is 23.8 Å². The maximum Gasteiger partial charge on any atom is 0.306 e. The van der Waals surface area contributed by atoms with Gasteiger partial charge in [-0.15, -0.1) is 0 Å². The van der Waals surface area contributed by atoms with E-state index < -0.39 is 67.4 Å². The van der Waals surface area contributed by atoms with E-state index in [1.165, 1.54) is 51.4 Å². The zero-order chi connectivity index (χ0) is 60.3. The van der Waals surface area contributed by atoms with Crippen LogP contribution < -0.4 is 5.32 Å². The molecule has 0 aromatic rings. The second-order valence-electron chi connectivity index (χ2n) is 21.5. The first-order chi connectivity index (χ1) is 40.7. The van der Waals surface area contributed by atoms with Crippen LogP contribution in [0.25, 0.3) is 0 Å². The summed E-state index contributed by atoms with van der Waals surface area (Å²) < 4.78 is 17.6. The van der Waals surface area contributed by atoms with Crippen molar-refractivity contribution in [2.45, 2.75) is 269 Å². The van der Waals surface area contributed by atoms with Crippen LogP contribution >= 0.6 is 0 Å². The smallest absolute Gasteiger partial charge is 0.306 e. The van der Waals surface area contributed by atoms with Crippen molar-refractivity contribution in [3.8, 4) is 0 Å². The predicted molar refractivity (Wildman–Crippen MR) is 347 cm³/mol. The lowest BCUT2D eigenvalue weighted by atomic mass is 9.99. The van der Waals surface area contributed by atoms with Gasteiger partial charge in [0, 0.05) is 6.42 Å². The molecule has 1 saturated heterocycles. The number of hydrogen-bond donors (Lipinski definition) is 6. The van der Waals surface area contributed by atoms with E-state index in [-0.39, 0.29) is 19.4 Å². The van der Waals surface area contributed by atoms with Gasteiger partial charge in [0.2, 0.25) is 5.91 Å². The molecule has 0 radical (unpaired) electrons. The average Bonchev–Trinajstić information content (AvgIpc) is 3.58. The monoisotopic (exact) mass is 1150 g/mol. The third kappa shape index (κ3) is 45.3. The molecule has 1 rings (SSSR count). The zero-order valence-electron chi connectivity index (χ0n) is 51.7. The van der Waals surface area contributed by atoms with Crippen LogP contribution in [0.15, 0.2) is 158 Å². The van der Waals surface area contributed by atoms with Gasteiger partial charge in [0.15, 0.2) is 12.4 Å². The first-order valence-corrected chi connectivity index (χ1v) is 32.3. The molecule has 1 aliphatic heterocycles. The maximum atomic E-state index is 13.5. The third-order valence-corrected chi connectivity index (χ3v) is 14.1. The van der Waals surface area contributed by atoms with Crippen LogP contribution in [0, 0.1) is 0 Å². The minimum absolute atomic E-state index is 0.0605. The molecular formula is C72H115NO10. The van der Waals surface area contributed by atoms with Gasteiger partial charge in [-0.25, -0.2) is 0 Å². The van der Waals surface area contributed by atoms with Crippen LogP contribution in [0.3, 0.4) is 0 Å². The lowest BCUT2D eigenvalue weighted by Gasteiger charge is -2.41. The Morgan fingerprint density at radius 3 is 1.45 bits per heavy atom. The van der Waals surface area contributed by atoms with Crippen molar-refractivity contribution in [2.24, 2.45) is 0 Å². The van der Waals surface area contributed by atoms with Crippen molar-refractivity contribution < 1.29 is 49.3 Å². The van der Waals surface area contributed by atoms with Gasteiger partial charge < -0.3 is 45.1 Å². The molecule has 1 aliphatic rings. The van der Waals surface area contributed by atoms with Gasteiger partial charge in [-0.1, -0.05) is 275 Å². The molecule has 11 nitrogen and oxygen atoms in total. The van der Waals surface area contributed by atoms with E-state index in [4.69, 9.17) is 14.2 Å². The number of allylic oxidation sites excluding steroid dienone is 25. The molecule has 0 spiro atoms. The standard InChI is InChI=1S/C72H115NO10/c1-4-7-10-13-16-19-22-25-27-29-30-31-32-33-34-35-37-38-41-44-47-50-53-56-59-65(76)71(80)73-63(64(75)58-55-52-49-46-43-40-24-21-18-15-12-9-6-3)62-81-72-70(69(79)68(78)66(61-74)82-72)83-67(77)60-57-54-51-48-45-42-39-36-28-26-23-20-17-14-11-8-5-2/h7-8,10-11,14,16-17,19-20,23,25-28,30-31,33-34,36-39,42,45,55,58,63-66,68-70,72,74-76,78-79H,4-6,9,12-13,15,18,21-22,24,29,32,35,40-41,43-44,46-54,56-57,59-62H2,1-3H3,(H,73,80)/b10-7-,11-8-,17-14+,19-16-,23-20+,27-25-,28-26-,31-30-,34-33-,38-37-,39-36+,45-42+,58-55+. The second kappa shape index (κ2) is 57.7. The van der Waals surface area contributed by atoms with Crippen molar-refractivity contribution in [3.05, 3.63) is 158 Å². The number of carbonyl (C=O) groups excluding carboxylic acids is 2. The molecule has 11 heteroatoms. The molecule has 6 N–H and O–H groups in total. The van der Waals surface area contributed by atoms with Crippen LogP contribution in [0.1, 0.15) is 220 Å². The SMILES string of the molecule is CC\C=C/C=C/C=C/C=C\C=C\C=C\CCCCCC(=O)OC1C(OCC(NC(=O)C(O)CCCCCCC/C=C\C/C=C\C/C=C\C/C=C\C/C=C\C/C=C\CC)C(O)/C=C/CCCCCCCCCCCCC)OC(CO)C(O)C1O. The van der Waals surface area contributed by atoms with Gasteiger partial charge >= 0.3 is 5.97 Å². The summed E-state index contributed by atoms with van der Waals surface area (Å²) in [4.78, 5) is 26.6. The first kappa shape index (κ1) is 76.3. The average molecular weight is 1150 g/mol. The fraction of sp³-hybridized carbons (Fsp3) is 0.611. The normalized spacial score (nSPS) is 19.6. The molecular weight excluding hydrogens is 1040 g/mol. The number of hydrogen-bond acceptors (Lipinski definition) is 10. The molecule has 468 valence electrons. The zero-order valence-corrected chi connectivity index (χ0v) is 51.7. The quantitative estimate of drug-likeness (QED) is 0.0149. The lowest BCUT2D eigenvalue weighted by molar-refractivity contribution is -0.305. The van der Waals surface area contributed by atoms with E-state index in [1.54, 1.807) is 6.08 Å². The Morgan fingerprint density at radius 1 is 0.494 bits per heavy atom. The molecule has 8 atom stereocenters. The van der Waals surface area contributed by atoms with Crippen LogP contribution in [0.5, 0.6) is 0 Å². The highest BCUT2D eigenvalue weighted by molar-refractivity contribution is 5.80. The molecule has 0 saturated carbocycles. The number of carbonyl (C=O) groups is 2. The molecule has 0 aromatic heterocycles. The highest BCUT2D eigenvalue weighted by atomic mass is 16.7. The van der Waals surface area contributed by atoms with E-state index in [2.05, 4.69) is 111 Å². The molecule has 1 heterocycles. The van der Waals surface area contributed by atoms with Gasteiger partial charge in [0.05, 0.1) is 25.4 Å². The lowest BCUT2D eigenvalue weighted by Crippen LogP contribution is -2.61. The largest absolute Gasteiger partial charge is 0.454 e. The minimum Gasteiger partial charge on any atom is -0.454 e. The highest BCUT2D eigenvalue weighted by Gasteiger charge is 2.47. The number of aliphatic hydroxyl groups excluding tert-OH is 5. The molecule has 1 amide bonds. The van der Waals surface area contributed by atoms with Crippen LogP contribution in [0.4, 0.5) is 0 Å². The number of ether oxygens (including phenoxy) is 3. The maximum absolute atomic E-state index is 13.5. The summed E-state index contributed by atoms with van der Waals surface area (Å²) in [5, 5.41) is 57.1. The second-order valence-corrected chi connectivity index (χ2v) is 21.5. The van der Waals surface area contributed by atoms with Crippen molar-refractivity contribution in [1.82, 2.24) is 5.32 Å². The summed E-state index contributed by atoms with van der Waals surface area (Å²) in [6, 6.07) is -1.06. The molecule has 0 bridgehead atoms. The molecule has 83 heavy (non-hydrogen) atoms. The van der Waals surface area contributed by atoms with Gasteiger partial charge in [0.1, 0.15) is 24.4 Å².